The van der Waals surface area contributed by atoms with E-state index in [0.29, 0.717) is 10.6 Å². The molecule has 1 aromatic carbocycles. The quantitative estimate of drug-likeness (QED) is 0.833. The summed E-state index contributed by atoms with van der Waals surface area (Å²) in [5.74, 6) is 0. The maximum atomic E-state index is 9.88. The molecule has 4 heteroatoms. The summed E-state index contributed by atoms with van der Waals surface area (Å²) in [6, 6.07) is 7.52. The normalized spacial score (nSPS) is 18.8. The third-order valence-electron chi connectivity index (χ3n) is 3.28. The molecule has 0 unspecified atom stereocenters. The summed E-state index contributed by atoms with van der Waals surface area (Å²) in [6.45, 7) is 3.50. The smallest absolute Gasteiger partial charge is 0.101 e. The van der Waals surface area contributed by atoms with Gasteiger partial charge in [-0.05, 0) is 38.0 Å². The number of piperidine rings is 1. The largest absolute Gasteiger partial charge is 0.390 e. The molecule has 0 amide bonds. The van der Waals surface area contributed by atoms with Crippen molar-refractivity contribution in [1.82, 2.24) is 0 Å². The second-order valence-corrected chi connectivity index (χ2v) is 5.17. The van der Waals surface area contributed by atoms with E-state index in [0.717, 1.165) is 31.6 Å². The maximum Gasteiger partial charge on any atom is 0.101 e. The van der Waals surface area contributed by atoms with E-state index in [2.05, 4.69) is 4.90 Å². The topological polar surface area (TPSA) is 47.3 Å². The van der Waals surface area contributed by atoms with E-state index >= 15 is 0 Å². The van der Waals surface area contributed by atoms with E-state index in [1.54, 1.807) is 6.07 Å². The first-order valence-electron chi connectivity index (χ1n) is 5.69. The Bertz CT molecular complexity index is 455. The van der Waals surface area contributed by atoms with Crippen molar-refractivity contribution in [2.45, 2.75) is 25.4 Å². The Morgan fingerprint density at radius 1 is 1.41 bits per heavy atom. The van der Waals surface area contributed by atoms with Crippen molar-refractivity contribution in [3.8, 4) is 6.07 Å². The molecule has 0 aliphatic carbocycles. The van der Waals surface area contributed by atoms with Crippen LogP contribution in [0.15, 0.2) is 18.2 Å². The minimum atomic E-state index is -0.549. The lowest BCUT2D eigenvalue weighted by Crippen LogP contribution is -2.42. The highest BCUT2D eigenvalue weighted by molar-refractivity contribution is 6.32. The standard InChI is InChI=1S/C13H15ClN2O/c1-13(17)4-6-16(7-5-13)11-3-2-10(9-15)12(14)8-11/h2-3,8,17H,4-7H2,1H3. The van der Waals surface area contributed by atoms with E-state index in [-0.39, 0.29) is 0 Å². The fourth-order valence-electron chi connectivity index (χ4n) is 2.04. The second-order valence-electron chi connectivity index (χ2n) is 4.76. The molecule has 2 rings (SSSR count). The first-order chi connectivity index (χ1) is 8.02. The summed E-state index contributed by atoms with van der Waals surface area (Å²) in [7, 11) is 0. The molecule has 0 atom stereocenters. The van der Waals surface area contributed by atoms with Gasteiger partial charge in [0.25, 0.3) is 0 Å². The predicted octanol–water partition coefficient (Wildman–Crippen LogP) is 2.56. The molecule has 0 bridgehead atoms. The average molecular weight is 251 g/mol. The van der Waals surface area contributed by atoms with Crippen LogP contribution in [0.5, 0.6) is 0 Å². The number of benzene rings is 1. The number of nitriles is 1. The molecule has 0 aromatic heterocycles. The van der Waals surface area contributed by atoms with Crippen molar-refractivity contribution >= 4 is 17.3 Å². The zero-order valence-electron chi connectivity index (χ0n) is 9.78. The van der Waals surface area contributed by atoms with Gasteiger partial charge in [0.05, 0.1) is 16.2 Å². The fraction of sp³-hybridized carbons (Fsp3) is 0.462. The number of nitrogens with zero attached hydrogens (tertiary/aromatic N) is 2. The highest BCUT2D eigenvalue weighted by Gasteiger charge is 2.27. The summed E-state index contributed by atoms with van der Waals surface area (Å²) in [5, 5.41) is 19.2. The number of rotatable bonds is 1. The van der Waals surface area contributed by atoms with Gasteiger partial charge in [-0.15, -0.1) is 0 Å². The van der Waals surface area contributed by atoms with Gasteiger partial charge in [-0.1, -0.05) is 11.6 Å². The van der Waals surface area contributed by atoms with Crippen LogP contribution < -0.4 is 4.90 Å². The monoisotopic (exact) mass is 250 g/mol. The van der Waals surface area contributed by atoms with Crippen LogP contribution in [0.3, 0.4) is 0 Å². The van der Waals surface area contributed by atoms with Crippen molar-refractivity contribution < 1.29 is 5.11 Å². The zero-order chi connectivity index (χ0) is 12.5. The lowest BCUT2D eigenvalue weighted by atomic mass is 9.93. The van der Waals surface area contributed by atoms with Crippen LogP contribution in [0.4, 0.5) is 5.69 Å². The van der Waals surface area contributed by atoms with Crippen LogP contribution in [0.1, 0.15) is 25.3 Å². The van der Waals surface area contributed by atoms with Gasteiger partial charge >= 0.3 is 0 Å². The van der Waals surface area contributed by atoms with Gasteiger partial charge in [-0.3, -0.25) is 0 Å². The molecule has 1 heterocycles. The molecule has 1 N–H and O–H groups in total. The molecule has 3 nitrogen and oxygen atoms in total. The van der Waals surface area contributed by atoms with Crippen LogP contribution in [-0.4, -0.2) is 23.8 Å². The molecular formula is C13H15ClN2O. The third kappa shape index (κ3) is 2.71. The van der Waals surface area contributed by atoms with Crippen LogP contribution in [0.25, 0.3) is 0 Å². The number of hydrogen-bond donors (Lipinski definition) is 1. The number of aliphatic hydroxyl groups is 1. The van der Waals surface area contributed by atoms with Gasteiger partial charge in [0, 0.05) is 18.8 Å². The lowest BCUT2D eigenvalue weighted by molar-refractivity contribution is 0.0351. The second kappa shape index (κ2) is 4.56. The van der Waals surface area contributed by atoms with Gasteiger partial charge in [0.2, 0.25) is 0 Å². The Kier molecular flexibility index (Phi) is 3.28. The SMILES string of the molecule is CC1(O)CCN(c2ccc(C#N)c(Cl)c2)CC1. The summed E-state index contributed by atoms with van der Waals surface area (Å²) in [6.07, 6.45) is 1.51. The van der Waals surface area contributed by atoms with Gasteiger partial charge in [-0.2, -0.15) is 5.26 Å². The molecule has 1 fully saturated rings. The zero-order valence-corrected chi connectivity index (χ0v) is 10.5. The molecule has 1 aromatic rings. The van der Waals surface area contributed by atoms with E-state index in [9.17, 15) is 5.11 Å². The molecule has 1 aliphatic heterocycles. The Labute approximate surface area is 106 Å². The molecule has 90 valence electrons. The maximum absolute atomic E-state index is 9.88. The molecule has 1 aliphatic rings. The first kappa shape index (κ1) is 12.2. The van der Waals surface area contributed by atoms with Gasteiger partial charge in [0.15, 0.2) is 0 Å². The van der Waals surface area contributed by atoms with Crippen LogP contribution in [0, 0.1) is 11.3 Å². The number of anilines is 1. The summed E-state index contributed by atoms with van der Waals surface area (Å²) in [4.78, 5) is 2.19. The van der Waals surface area contributed by atoms with Crippen molar-refractivity contribution in [1.29, 1.82) is 5.26 Å². The predicted molar refractivity (Wildman–Crippen MR) is 68.2 cm³/mol. The molecule has 0 spiro atoms. The van der Waals surface area contributed by atoms with Gasteiger partial charge in [0.1, 0.15) is 6.07 Å². The molecular weight excluding hydrogens is 236 g/mol. The number of halogens is 1. The highest BCUT2D eigenvalue weighted by atomic mass is 35.5. The Balaban J connectivity index is 2.14. The lowest BCUT2D eigenvalue weighted by Gasteiger charge is -2.37. The highest BCUT2D eigenvalue weighted by Crippen LogP contribution is 2.28. The van der Waals surface area contributed by atoms with E-state index in [1.807, 2.05) is 25.1 Å². The van der Waals surface area contributed by atoms with Crippen molar-refractivity contribution in [3.05, 3.63) is 28.8 Å². The Hall–Kier alpha value is -1.24. The summed E-state index contributed by atoms with van der Waals surface area (Å²) in [5.41, 5.74) is 0.969. The van der Waals surface area contributed by atoms with E-state index < -0.39 is 5.60 Å². The molecule has 1 saturated heterocycles. The molecule has 0 saturated carbocycles. The minimum absolute atomic E-state index is 0.488. The Morgan fingerprint density at radius 3 is 2.59 bits per heavy atom. The Morgan fingerprint density at radius 2 is 2.06 bits per heavy atom. The van der Waals surface area contributed by atoms with Crippen molar-refractivity contribution in [2.75, 3.05) is 18.0 Å². The van der Waals surface area contributed by atoms with Gasteiger partial charge in [-0.25, -0.2) is 0 Å². The minimum Gasteiger partial charge on any atom is -0.390 e. The molecule has 0 radical (unpaired) electrons. The van der Waals surface area contributed by atoms with E-state index in [4.69, 9.17) is 16.9 Å². The summed E-state index contributed by atoms with van der Waals surface area (Å²) >= 11 is 6.01. The fourth-order valence-corrected chi connectivity index (χ4v) is 2.26. The van der Waals surface area contributed by atoms with Gasteiger partial charge < -0.3 is 10.0 Å². The summed E-state index contributed by atoms with van der Waals surface area (Å²) < 4.78 is 0. The van der Waals surface area contributed by atoms with E-state index in [1.165, 1.54) is 0 Å². The van der Waals surface area contributed by atoms with Crippen molar-refractivity contribution in [3.63, 3.8) is 0 Å². The third-order valence-corrected chi connectivity index (χ3v) is 3.59. The van der Waals surface area contributed by atoms with Crippen LogP contribution >= 0.6 is 11.6 Å². The first-order valence-corrected chi connectivity index (χ1v) is 6.07. The van der Waals surface area contributed by atoms with Crippen molar-refractivity contribution in [2.24, 2.45) is 0 Å². The molecule has 17 heavy (non-hydrogen) atoms. The number of hydrogen-bond acceptors (Lipinski definition) is 3. The van der Waals surface area contributed by atoms with Crippen LogP contribution in [0.2, 0.25) is 5.02 Å². The average Bonchev–Trinajstić information content (AvgIpc) is 2.29. The van der Waals surface area contributed by atoms with Crippen LogP contribution in [-0.2, 0) is 0 Å².